The first-order chi connectivity index (χ1) is 8.40. The molecule has 0 saturated carbocycles. The Morgan fingerprint density at radius 2 is 2.11 bits per heavy atom. The SMILES string of the molecule is O=C(O)CNC(=O)Cc1ccc(F)c([N+](=O)[O-])c1. The predicted octanol–water partition coefficient (Wildman–Crippen LogP) is 0.477. The van der Waals surface area contributed by atoms with Crippen LogP contribution in [0.25, 0.3) is 0 Å². The molecule has 1 aromatic carbocycles. The van der Waals surface area contributed by atoms with Crippen LogP contribution >= 0.6 is 0 Å². The lowest BCUT2D eigenvalue weighted by molar-refractivity contribution is -0.387. The first kappa shape index (κ1) is 13.6. The third-order valence-corrected chi connectivity index (χ3v) is 2.01. The van der Waals surface area contributed by atoms with Gasteiger partial charge in [0.1, 0.15) is 6.54 Å². The van der Waals surface area contributed by atoms with Gasteiger partial charge in [0, 0.05) is 6.07 Å². The Morgan fingerprint density at radius 3 is 2.67 bits per heavy atom. The van der Waals surface area contributed by atoms with Crippen LogP contribution in [0.3, 0.4) is 0 Å². The molecule has 0 atom stereocenters. The molecule has 0 bridgehead atoms. The number of nitro groups is 1. The van der Waals surface area contributed by atoms with Crippen molar-refractivity contribution in [2.24, 2.45) is 0 Å². The number of nitrogens with one attached hydrogen (secondary N) is 1. The van der Waals surface area contributed by atoms with Crippen molar-refractivity contribution in [3.05, 3.63) is 39.7 Å². The Hall–Kier alpha value is -2.51. The molecule has 0 unspecified atom stereocenters. The zero-order valence-electron chi connectivity index (χ0n) is 9.05. The molecule has 0 fully saturated rings. The summed E-state index contributed by atoms with van der Waals surface area (Å²) in [5, 5.41) is 20.9. The van der Waals surface area contributed by atoms with Crippen LogP contribution in [0.5, 0.6) is 0 Å². The molecule has 0 aliphatic heterocycles. The minimum absolute atomic E-state index is 0.228. The number of nitrogens with zero attached hydrogens (tertiary/aromatic N) is 1. The standard InChI is InChI=1S/C10H9FN2O5/c11-7-2-1-6(3-8(7)13(17)18)4-9(14)12-5-10(15)16/h1-3H,4-5H2,(H,12,14)(H,15,16). The third-order valence-electron chi connectivity index (χ3n) is 2.01. The molecule has 0 saturated heterocycles. The second kappa shape index (κ2) is 5.71. The smallest absolute Gasteiger partial charge is 0.322 e. The second-order valence-electron chi connectivity index (χ2n) is 3.39. The van der Waals surface area contributed by atoms with Gasteiger partial charge in [0.05, 0.1) is 11.3 Å². The lowest BCUT2D eigenvalue weighted by Gasteiger charge is -2.03. The van der Waals surface area contributed by atoms with Crippen molar-refractivity contribution >= 4 is 17.6 Å². The van der Waals surface area contributed by atoms with Crippen LogP contribution < -0.4 is 5.32 Å². The molecular weight excluding hydrogens is 247 g/mol. The molecule has 0 radical (unpaired) electrons. The Balaban J connectivity index is 2.73. The van der Waals surface area contributed by atoms with Crippen LogP contribution in [0.1, 0.15) is 5.56 Å². The van der Waals surface area contributed by atoms with Crippen molar-refractivity contribution in [1.82, 2.24) is 5.32 Å². The molecule has 1 amide bonds. The quantitative estimate of drug-likeness (QED) is 0.588. The number of hydrogen-bond donors (Lipinski definition) is 2. The van der Waals surface area contributed by atoms with Gasteiger partial charge in [-0.25, -0.2) is 0 Å². The molecule has 96 valence electrons. The number of nitro benzene ring substituents is 1. The maximum absolute atomic E-state index is 13.0. The summed E-state index contributed by atoms with van der Waals surface area (Å²) in [6.45, 7) is -0.540. The highest BCUT2D eigenvalue weighted by molar-refractivity contribution is 5.82. The molecule has 0 aliphatic carbocycles. The van der Waals surface area contributed by atoms with Gasteiger partial charge in [-0.2, -0.15) is 4.39 Å². The first-order valence-corrected chi connectivity index (χ1v) is 4.81. The summed E-state index contributed by atoms with van der Waals surface area (Å²) < 4.78 is 13.0. The van der Waals surface area contributed by atoms with Gasteiger partial charge in [0.15, 0.2) is 0 Å². The van der Waals surface area contributed by atoms with E-state index >= 15 is 0 Å². The number of carbonyl (C=O) groups excluding carboxylic acids is 1. The van der Waals surface area contributed by atoms with Gasteiger partial charge in [0.25, 0.3) is 0 Å². The van der Waals surface area contributed by atoms with Crippen LogP contribution in [0.15, 0.2) is 18.2 Å². The number of aliphatic carboxylic acids is 1. The molecule has 0 aliphatic rings. The van der Waals surface area contributed by atoms with E-state index in [2.05, 4.69) is 5.32 Å². The molecule has 0 spiro atoms. The second-order valence-corrected chi connectivity index (χ2v) is 3.39. The van der Waals surface area contributed by atoms with Crippen molar-refractivity contribution in [2.75, 3.05) is 6.54 Å². The predicted molar refractivity (Wildman–Crippen MR) is 57.4 cm³/mol. The van der Waals surface area contributed by atoms with Gasteiger partial charge in [-0.15, -0.1) is 0 Å². The fourth-order valence-electron chi connectivity index (χ4n) is 1.23. The largest absolute Gasteiger partial charge is 0.480 e. The fraction of sp³-hybridized carbons (Fsp3) is 0.200. The van der Waals surface area contributed by atoms with E-state index in [4.69, 9.17) is 5.11 Å². The van der Waals surface area contributed by atoms with Gasteiger partial charge in [0.2, 0.25) is 11.7 Å². The molecule has 7 nitrogen and oxygen atoms in total. The van der Waals surface area contributed by atoms with E-state index < -0.39 is 34.8 Å². The number of halogens is 1. The first-order valence-electron chi connectivity index (χ1n) is 4.81. The maximum Gasteiger partial charge on any atom is 0.322 e. The molecule has 2 N–H and O–H groups in total. The van der Waals surface area contributed by atoms with E-state index in [1.807, 2.05) is 0 Å². The summed E-state index contributed by atoms with van der Waals surface area (Å²) in [6.07, 6.45) is -0.256. The zero-order chi connectivity index (χ0) is 13.7. The van der Waals surface area contributed by atoms with E-state index in [9.17, 15) is 24.1 Å². The van der Waals surface area contributed by atoms with Crippen molar-refractivity contribution < 1.29 is 24.0 Å². The molecular formula is C10H9FN2O5. The minimum Gasteiger partial charge on any atom is -0.480 e. The Labute approximate surface area is 100 Å². The van der Waals surface area contributed by atoms with Gasteiger partial charge in [-0.3, -0.25) is 19.7 Å². The van der Waals surface area contributed by atoms with Gasteiger partial charge >= 0.3 is 11.7 Å². The molecule has 0 heterocycles. The molecule has 8 heteroatoms. The highest BCUT2D eigenvalue weighted by Crippen LogP contribution is 2.18. The summed E-state index contributed by atoms with van der Waals surface area (Å²) >= 11 is 0. The summed E-state index contributed by atoms with van der Waals surface area (Å²) in [5.41, 5.74) is -0.496. The topological polar surface area (TPSA) is 110 Å². The number of carboxylic acids is 1. The van der Waals surface area contributed by atoms with Gasteiger partial charge in [-0.1, -0.05) is 6.07 Å². The molecule has 0 aromatic heterocycles. The maximum atomic E-state index is 13.0. The summed E-state index contributed by atoms with van der Waals surface area (Å²) in [5.74, 6) is -2.80. The van der Waals surface area contributed by atoms with Crippen molar-refractivity contribution in [1.29, 1.82) is 0 Å². The molecule has 1 aromatic rings. The van der Waals surface area contributed by atoms with Crippen molar-refractivity contribution in [2.45, 2.75) is 6.42 Å². The lowest BCUT2D eigenvalue weighted by atomic mass is 10.1. The summed E-state index contributed by atoms with van der Waals surface area (Å²) in [4.78, 5) is 31.0. The van der Waals surface area contributed by atoms with E-state index in [1.54, 1.807) is 0 Å². The van der Waals surface area contributed by atoms with Crippen LogP contribution in [-0.2, 0) is 16.0 Å². The fourth-order valence-corrected chi connectivity index (χ4v) is 1.23. The molecule has 1 rings (SSSR count). The van der Waals surface area contributed by atoms with E-state index in [0.717, 1.165) is 12.1 Å². The lowest BCUT2D eigenvalue weighted by Crippen LogP contribution is -2.30. The Kier molecular flexibility index (Phi) is 4.30. The normalized spacial score (nSPS) is 9.83. The Bertz CT molecular complexity index is 503. The summed E-state index contributed by atoms with van der Waals surface area (Å²) in [6, 6.07) is 3.05. The van der Waals surface area contributed by atoms with Crippen LogP contribution in [-0.4, -0.2) is 28.5 Å². The number of amides is 1. The van der Waals surface area contributed by atoms with Crippen LogP contribution in [0.4, 0.5) is 10.1 Å². The van der Waals surface area contributed by atoms with Gasteiger partial charge < -0.3 is 10.4 Å². The van der Waals surface area contributed by atoms with Crippen molar-refractivity contribution in [3.8, 4) is 0 Å². The number of hydrogen-bond acceptors (Lipinski definition) is 4. The van der Waals surface area contributed by atoms with Crippen molar-refractivity contribution in [3.63, 3.8) is 0 Å². The highest BCUT2D eigenvalue weighted by Gasteiger charge is 2.15. The number of carboxylic acid groups (broad SMARTS) is 1. The van der Waals surface area contributed by atoms with Gasteiger partial charge in [-0.05, 0) is 11.6 Å². The van der Waals surface area contributed by atoms with E-state index in [0.29, 0.717) is 0 Å². The van der Waals surface area contributed by atoms with E-state index in [-0.39, 0.29) is 12.0 Å². The number of carbonyl (C=O) groups is 2. The Morgan fingerprint density at radius 1 is 1.44 bits per heavy atom. The summed E-state index contributed by atoms with van der Waals surface area (Å²) in [7, 11) is 0. The average molecular weight is 256 g/mol. The third kappa shape index (κ3) is 3.81. The number of rotatable bonds is 5. The van der Waals surface area contributed by atoms with Crippen LogP contribution in [0.2, 0.25) is 0 Å². The monoisotopic (exact) mass is 256 g/mol. The number of benzene rings is 1. The average Bonchev–Trinajstić information content (AvgIpc) is 2.28. The highest BCUT2D eigenvalue weighted by atomic mass is 19.1. The van der Waals surface area contributed by atoms with Crippen LogP contribution in [0, 0.1) is 15.9 Å². The minimum atomic E-state index is -1.20. The zero-order valence-corrected chi connectivity index (χ0v) is 9.05. The molecule has 18 heavy (non-hydrogen) atoms. The van der Waals surface area contributed by atoms with E-state index in [1.165, 1.54) is 6.07 Å².